The molecule has 1 fully saturated rings. The minimum Gasteiger partial charge on any atom is -0.355 e. The van der Waals surface area contributed by atoms with Crippen molar-refractivity contribution >= 4 is 5.91 Å². The third-order valence-corrected chi connectivity index (χ3v) is 3.79. The van der Waals surface area contributed by atoms with Gasteiger partial charge in [-0.1, -0.05) is 26.2 Å². The summed E-state index contributed by atoms with van der Waals surface area (Å²) < 4.78 is 0. The smallest absolute Gasteiger partial charge is 0.236 e. The maximum absolute atomic E-state index is 11.5. The topological polar surface area (TPSA) is 41.1 Å². The van der Waals surface area contributed by atoms with Gasteiger partial charge in [-0.3, -0.25) is 4.79 Å². The minimum absolute atomic E-state index is 0.0593. The highest BCUT2D eigenvalue weighted by Crippen LogP contribution is 2.30. The minimum atomic E-state index is -0.0593. The lowest BCUT2D eigenvalue weighted by Crippen LogP contribution is -2.42. The lowest BCUT2D eigenvalue weighted by Gasteiger charge is -2.27. The molecule has 0 saturated heterocycles. The van der Waals surface area contributed by atoms with Crippen LogP contribution >= 0.6 is 0 Å². The van der Waals surface area contributed by atoms with E-state index in [0.717, 1.165) is 18.4 Å². The molecule has 2 N–H and O–H groups in total. The molecule has 1 aliphatic rings. The summed E-state index contributed by atoms with van der Waals surface area (Å²) in [5.74, 6) is 1.88. The molecular weight excluding hydrogens is 212 g/mol. The van der Waals surface area contributed by atoms with Crippen LogP contribution in [-0.2, 0) is 4.79 Å². The maximum Gasteiger partial charge on any atom is 0.236 e. The van der Waals surface area contributed by atoms with E-state index in [4.69, 9.17) is 0 Å². The Hall–Kier alpha value is -0.570. The zero-order valence-corrected chi connectivity index (χ0v) is 11.6. The summed E-state index contributed by atoms with van der Waals surface area (Å²) in [7, 11) is 0. The van der Waals surface area contributed by atoms with Gasteiger partial charge in [-0.25, -0.2) is 0 Å². The molecule has 3 unspecified atom stereocenters. The first kappa shape index (κ1) is 14.5. The Morgan fingerprint density at radius 3 is 2.82 bits per heavy atom. The summed E-state index contributed by atoms with van der Waals surface area (Å²) in [6.07, 6.45) is 6.75. The van der Waals surface area contributed by atoms with Crippen LogP contribution in [0.4, 0.5) is 0 Å². The Balaban J connectivity index is 2.12. The van der Waals surface area contributed by atoms with E-state index in [-0.39, 0.29) is 11.9 Å². The van der Waals surface area contributed by atoms with Crippen molar-refractivity contribution in [3.05, 3.63) is 0 Å². The second-order valence-corrected chi connectivity index (χ2v) is 5.50. The first-order chi connectivity index (χ1) is 8.13. The Morgan fingerprint density at radius 2 is 2.18 bits per heavy atom. The molecule has 17 heavy (non-hydrogen) atoms. The van der Waals surface area contributed by atoms with Crippen LogP contribution in [0.15, 0.2) is 0 Å². The molecule has 3 atom stereocenters. The van der Waals surface area contributed by atoms with Gasteiger partial charge < -0.3 is 10.6 Å². The quantitative estimate of drug-likeness (QED) is 0.748. The summed E-state index contributed by atoms with van der Waals surface area (Å²) >= 11 is 0. The van der Waals surface area contributed by atoms with Crippen molar-refractivity contribution in [1.29, 1.82) is 0 Å². The van der Waals surface area contributed by atoms with Crippen molar-refractivity contribution in [2.24, 2.45) is 11.8 Å². The molecule has 100 valence electrons. The van der Waals surface area contributed by atoms with E-state index in [9.17, 15) is 4.79 Å². The van der Waals surface area contributed by atoms with Crippen molar-refractivity contribution in [3.63, 3.8) is 0 Å². The fraction of sp³-hybridized carbons (Fsp3) is 0.929. The SMILES string of the molecule is CCNC(=O)C(C)NCCC1CCCC(C)C1. The van der Waals surface area contributed by atoms with Gasteiger partial charge in [-0.15, -0.1) is 0 Å². The van der Waals surface area contributed by atoms with Crippen LogP contribution in [0.3, 0.4) is 0 Å². The van der Waals surface area contributed by atoms with Crippen LogP contribution < -0.4 is 10.6 Å². The van der Waals surface area contributed by atoms with Gasteiger partial charge in [0.25, 0.3) is 0 Å². The predicted octanol–water partition coefficient (Wildman–Crippen LogP) is 2.32. The van der Waals surface area contributed by atoms with Crippen molar-refractivity contribution in [1.82, 2.24) is 10.6 Å². The van der Waals surface area contributed by atoms with E-state index >= 15 is 0 Å². The van der Waals surface area contributed by atoms with Crippen LogP contribution in [-0.4, -0.2) is 25.0 Å². The van der Waals surface area contributed by atoms with Crippen molar-refractivity contribution < 1.29 is 4.79 Å². The molecule has 0 spiro atoms. The van der Waals surface area contributed by atoms with Gasteiger partial charge in [0.1, 0.15) is 0 Å². The molecule has 3 nitrogen and oxygen atoms in total. The molecule has 0 aromatic carbocycles. The molecular formula is C14H28N2O. The van der Waals surface area contributed by atoms with Crippen LogP contribution in [0.5, 0.6) is 0 Å². The second-order valence-electron chi connectivity index (χ2n) is 5.50. The number of nitrogens with one attached hydrogen (secondary N) is 2. The molecule has 0 aromatic rings. The number of amides is 1. The van der Waals surface area contributed by atoms with Gasteiger partial charge in [-0.2, -0.15) is 0 Å². The number of carbonyl (C=O) groups is 1. The van der Waals surface area contributed by atoms with E-state index < -0.39 is 0 Å². The molecule has 1 amide bonds. The van der Waals surface area contributed by atoms with E-state index in [1.54, 1.807) is 0 Å². The number of hydrogen-bond acceptors (Lipinski definition) is 2. The summed E-state index contributed by atoms with van der Waals surface area (Å²) in [5, 5.41) is 6.16. The molecule has 0 heterocycles. The van der Waals surface area contributed by atoms with E-state index in [1.165, 1.54) is 32.1 Å². The fourth-order valence-electron chi connectivity index (χ4n) is 2.75. The summed E-state index contributed by atoms with van der Waals surface area (Å²) in [6, 6.07) is -0.0593. The summed E-state index contributed by atoms with van der Waals surface area (Å²) in [5.41, 5.74) is 0. The van der Waals surface area contributed by atoms with Crippen LogP contribution in [0.2, 0.25) is 0 Å². The first-order valence-electron chi connectivity index (χ1n) is 7.14. The van der Waals surface area contributed by atoms with Gasteiger partial charge in [0, 0.05) is 6.54 Å². The lowest BCUT2D eigenvalue weighted by atomic mass is 9.81. The monoisotopic (exact) mass is 240 g/mol. The number of hydrogen-bond donors (Lipinski definition) is 2. The average Bonchev–Trinajstić information content (AvgIpc) is 2.29. The van der Waals surface area contributed by atoms with Gasteiger partial charge in [0.05, 0.1) is 6.04 Å². The zero-order valence-electron chi connectivity index (χ0n) is 11.6. The van der Waals surface area contributed by atoms with Crippen molar-refractivity contribution in [2.75, 3.05) is 13.1 Å². The third kappa shape index (κ3) is 5.53. The van der Waals surface area contributed by atoms with Crippen LogP contribution in [0.1, 0.15) is 52.9 Å². The standard InChI is InChI=1S/C14H28N2O/c1-4-15-14(17)12(3)16-9-8-13-7-5-6-11(2)10-13/h11-13,16H,4-10H2,1-3H3,(H,15,17). The number of likely N-dealkylation sites (N-methyl/N-ethyl adjacent to an activating group) is 1. The molecule has 0 aromatic heterocycles. The predicted molar refractivity (Wildman–Crippen MR) is 71.9 cm³/mol. The zero-order chi connectivity index (χ0) is 12.7. The number of carbonyl (C=O) groups excluding carboxylic acids is 1. The van der Waals surface area contributed by atoms with Gasteiger partial charge in [0.2, 0.25) is 5.91 Å². The molecule has 1 saturated carbocycles. The molecule has 0 aliphatic heterocycles. The van der Waals surface area contributed by atoms with E-state index in [0.29, 0.717) is 6.54 Å². The van der Waals surface area contributed by atoms with Gasteiger partial charge in [0.15, 0.2) is 0 Å². The normalized spacial score (nSPS) is 26.5. The Morgan fingerprint density at radius 1 is 1.41 bits per heavy atom. The summed E-state index contributed by atoms with van der Waals surface area (Å²) in [6.45, 7) is 7.93. The molecule has 0 radical (unpaired) electrons. The van der Waals surface area contributed by atoms with Crippen LogP contribution in [0.25, 0.3) is 0 Å². The summed E-state index contributed by atoms with van der Waals surface area (Å²) in [4.78, 5) is 11.5. The Labute approximate surface area is 106 Å². The highest BCUT2D eigenvalue weighted by Gasteiger charge is 2.19. The van der Waals surface area contributed by atoms with Crippen LogP contribution in [0, 0.1) is 11.8 Å². The lowest BCUT2D eigenvalue weighted by molar-refractivity contribution is -0.122. The molecule has 0 bridgehead atoms. The Kier molecular flexibility index (Phi) is 6.56. The molecule has 1 rings (SSSR count). The van der Waals surface area contributed by atoms with Gasteiger partial charge in [-0.05, 0) is 45.1 Å². The Bertz CT molecular complexity index is 230. The first-order valence-corrected chi connectivity index (χ1v) is 7.14. The fourth-order valence-corrected chi connectivity index (χ4v) is 2.75. The molecule has 1 aliphatic carbocycles. The van der Waals surface area contributed by atoms with E-state index in [2.05, 4.69) is 17.6 Å². The van der Waals surface area contributed by atoms with Crippen molar-refractivity contribution in [3.8, 4) is 0 Å². The average molecular weight is 240 g/mol. The van der Waals surface area contributed by atoms with Crippen molar-refractivity contribution in [2.45, 2.75) is 58.9 Å². The largest absolute Gasteiger partial charge is 0.355 e. The third-order valence-electron chi connectivity index (χ3n) is 3.79. The highest BCUT2D eigenvalue weighted by atomic mass is 16.2. The van der Waals surface area contributed by atoms with E-state index in [1.807, 2.05) is 13.8 Å². The van der Waals surface area contributed by atoms with Gasteiger partial charge >= 0.3 is 0 Å². The number of rotatable bonds is 6. The highest BCUT2D eigenvalue weighted by molar-refractivity contribution is 5.81. The maximum atomic E-state index is 11.5. The molecule has 3 heteroatoms. The second kappa shape index (κ2) is 7.70.